The van der Waals surface area contributed by atoms with Crippen LogP contribution in [0.5, 0.6) is 11.5 Å². The van der Waals surface area contributed by atoms with Crippen molar-refractivity contribution in [2.24, 2.45) is 0 Å². The van der Waals surface area contributed by atoms with Gasteiger partial charge in [-0.2, -0.15) is 0 Å². The van der Waals surface area contributed by atoms with E-state index in [0.29, 0.717) is 28.3 Å². The van der Waals surface area contributed by atoms with Crippen molar-refractivity contribution in [3.8, 4) is 11.5 Å². The van der Waals surface area contributed by atoms with Crippen molar-refractivity contribution >= 4 is 33.5 Å². The van der Waals surface area contributed by atoms with Crippen molar-refractivity contribution in [3.63, 3.8) is 0 Å². The molecule has 0 saturated heterocycles. The fraction of sp³-hybridized carbons (Fsp3) is 0.467. The molecule has 35 heavy (non-hydrogen) atoms. The third-order valence-electron chi connectivity index (χ3n) is 6.30. The highest BCUT2D eigenvalue weighted by atomic mass is 19.1. The van der Waals surface area contributed by atoms with Gasteiger partial charge in [-0.15, -0.1) is 0 Å². The second-order valence-electron chi connectivity index (χ2n) is 9.14. The lowest BCUT2D eigenvalue weighted by molar-refractivity contribution is -0.135. The average molecular weight is 481 g/mol. The van der Waals surface area contributed by atoms with Crippen LogP contribution in [-0.4, -0.2) is 11.9 Å². The monoisotopic (exact) mass is 480 g/mol. The van der Waals surface area contributed by atoms with E-state index >= 15 is 4.39 Å². The van der Waals surface area contributed by atoms with Gasteiger partial charge in [-0.05, 0) is 18.9 Å². The topological polar surface area (TPSA) is 52.6 Å². The molecule has 0 unspecified atom stereocenters. The minimum atomic E-state index is -0.518. The molecule has 3 aromatic rings. The lowest BCUT2D eigenvalue weighted by atomic mass is 10.00. The van der Waals surface area contributed by atoms with Gasteiger partial charge in [0, 0.05) is 29.0 Å². The third kappa shape index (κ3) is 7.27. The molecule has 5 heteroatoms. The van der Waals surface area contributed by atoms with Crippen LogP contribution in [0.1, 0.15) is 90.9 Å². The smallest absolute Gasteiger partial charge is 0.311 e. The highest BCUT2D eigenvalue weighted by Gasteiger charge is 2.22. The van der Waals surface area contributed by atoms with E-state index in [0.717, 1.165) is 64.2 Å². The number of hydrogen-bond acceptors (Lipinski definition) is 4. The van der Waals surface area contributed by atoms with Crippen molar-refractivity contribution in [2.45, 2.75) is 90.9 Å². The van der Waals surface area contributed by atoms with Gasteiger partial charge in [0.1, 0.15) is 17.3 Å². The van der Waals surface area contributed by atoms with Crippen LogP contribution in [0, 0.1) is 5.82 Å². The first-order chi connectivity index (χ1) is 17.1. The number of ether oxygens (including phenoxy) is 2. The number of hydrogen-bond donors (Lipinski definition) is 0. The molecule has 0 fully saturated rings. The van der Waals surface area contributed by atoms with Gasteiger partial charge in [0.25, 0.3) is 0 Å². The van der Waals surface area contributed by atoms with Crippen LogP contribution in [0.15, 0.2) is 42.5 Å². The van der Waals surface area contributed by atoms with Crippen LogP contribution in [0.3, 0.4) is 0 Å². The largest absolute Gasteiger partial charge is 0.425 e. The predicted molar refractivity (Wildman–Crippen MR) is 139 cm³/mol. The van der Waals surface area contributed by atoms with Crippen LogP contribution >= 0.6 is 0 Å². The average Bonchev–Trinajstić information content (AvgIpc) is 2.85. The Labute approximate surface area is 207 Å². The van der Waals surface area contributed by atoms with Gasteiger partial charge in [0.05, 0.1) is 5.39 Å². The Hall–Kier alpha value is -2.95. The van der Waals surface area contributed by atoms with Crippen LogP contribution < -0.4 is 9.47 Å². The fourth-order valence-corrected chi connectivity index (χ4v) is 4.39. The van der Waals surface area contributed by atoms with E-state index in [9.17, 15) is 9.59 Å². The first kappa shape index (κ1) is 26.7. The van der Waals surface area contributed by atoms with Gasteiger partial charge in [0.2, 0.25) is 0 Å². The Morgan fingerprint density at radius 3 is 1.69 bits per heavy atom. The Morgan fingerprint density at radius 1 is 0.629 bits per heavy atom. The molecule has 3 rings (SSSR count). The number of halogens is 1. The summed E-state index contributed by atoms with van der Waals surface area (Å²) in [7, 11) is 0. The van der Waals surface area contributed by atoms with E-state index in [-0.39, 0.29) is 29.5 Å². The van der Waals surface area contributed by atoms with E-state index in [4.69, 9.17) is 9.47 Å². The molecule has 188 valence electrons. The molecule has 0 aromatic heterocycles. The van der Waals surface area contributed by atoms with E-state index in [2.05, 4.69) is 13.8 Å². The van der Waals surface area contributed by atoms with Crippen molar-refractivity contribution < 1.29 is 23.5 Å². The zero-order chi connectivity index (χ0) is 25.0. The summed E-state index contributed by atoms with van der Waals surface area (Å²) in [5, 5.41) is 1.76. The highest BCUT2D eigenvalue weighted by molar-refractivity contribution is 6.12. The standard InChI is InChI=1S/C30H37FO4/c1-3-5-7-9-11-20-26(32)34-29-22-16-13-14-17-23(22)30(28-24(29)18-15-19-25(28)31)35-27(33)21-12-10-8-6-4-2/h13-19H,3-12,20-21H2,1-2H3. The lowest BCUT2D eigenvalue weighted by Gasteiger charge is -2.17. The summed E-state index contributed by atoms with van der Waals surface area (Å²) >= 11 is 0. The van der Waals surface area contributed by atoms with E-state index in [1.807, 2.05) is 12.1 Å². The van der Waals surface area contributed by atoms with Crippen molar-refractivity contribution in [3.05, 3.63) is 48.3 Å². The first-order valence-corrected chi connectivity index (χ1v) is 13.1. The number of benzene rings is 3. The summed E-state index contributed by atoms with van der Waals surface area (Å²) in [4.78, 5) is 25.3. The van der Waals surface area contributed by atoms with Crippen molar-refractivity contribution in [2.75, 3.05) is 0 Å². The minimum absolute atomic E-state index is 0.163. The predicted octanol–water partition coefficient (Wildman–Crippen LogP) is 8.66. The molecule has 3 aromatic carbocycles. The Kier molecular flexibility index (Phi) is 10.5. The number of carbonyl (C=O) groups is 2. The quantitative estimate of drug-likeness (QED) is 0.100. The Balaban J connectivity index is 1.89. The number of carbonyl (C=O) groups excluding carboxylic acids is 2. The molecule has 0 N–H and O–H groups in total. The molecular formula is C30H37FO4. The molecule has 0 aliphatic rings. The van der Waals surface area contributed by atoms with Gasteiger partial charge >= 0.3 is 11.9 Å². The number of fused-ring (bicyclic) bond motifs is 2. The van der Waals surface area contributed by atoms with Gasteiger partial charge in [-0.1, -0.05) is 102 Å². The van der Waals surface area contributed by atoms with Gasteiger partial charge in [-0.3, -0.25) is 9.59 Å². The number of esters is 2. The third-order valence-corrected chi connectivity index (χ3v) is 6.30. The minimum Gasteiger partial charge on any atom is -0.425 e. The van der Waals surface area contributed by atoms with Crippen molar-refractivity contribution in [1.29, 1.82) is 0 Å². The van der Waals surface area contributed by atoms with Gasteiger partial charge in [-0.25, -0.2) is 4.39 Å². The van der Waals surface area contributed by atoms with E-state index in [1.165, 1.54) is 6.07 Å². The fourth-order valence-electron chi connectivity index (χ4n) is 4.39. The first-order valence-electron chi connectivity index (χ1n) is 13.1. The molecule has 0 bridgehead atoms. The van der Waals surface area contributed by atoms with Crippen LogP contribution in [0.4, 0.5) is 4.39 Å². The summed E-state index contributed by atoms with van der Waals surface area (Å²) in [6.07, 6.45) is 10.8. The summed E-state index contributed by atoms with van der Waals surface area (Å²) in [6, 6.07) is 11.8. The summed E-state index contributed by atoms with van der Waals surface area (Å²) < 4.78 is 26.7. The molecule has 0 atom stereocenters. The van der Waals surface area contributed by atoms with E-state index < -0.39 is 5.82 Å². The maximum absolute atomic E-state index is 15.1. The molecule has 0 amide bonds. The van der Waals surface area contributed by atoms with Crippen molar-refractivity contribution in [1.82, 2.24) is 0 Å². The summed E-state index contributed by atoms with van der Waals surface area (Å²) in [5.41, 5.74) is 0. The van der Waals surface area contributed by atoms with Crippen LogP contribution in [0.25, 0.3) is 21.5 Å². The maximum Gasteiger partial charge on any atom is 0.311 e. The van der Waals surface area contributed by atoms with Gasteiger partial charge < -0.3 is 9.47 Å². The van der Waals surface area contributed by atoms with Crippen LogP contribution in [-0.2, 0) is 9.59 Å². The molecule has 0 spiro atoms. The summed E-state index contributed by atoms with van der Waals surface area (Å²) in [5.74, 6) is -0.738. The molecule has 0 aliphatic carbocycles. The van der Waals surface area contributed by atoms with Gasteiger partial charge in [0.15, 0.2) is 0 Å². The second kappa shape index (κ2) is 13.8. The Bertz CT molecular complexity index is 1140. The molecule has 0 radical (unpaired) electrons. The zero-order valence-electron chi connectivity index (χ0n) is 21.0. The molecule has 0 saturated carbocycles. The number of rotatable bonds is 14. The molecule has 0 aliphatic heterocycles. The normalized spacial score (nSPS) is 11.2. The molecule has 0 heterocycles. The highest BCUT2D eigenvalue weighted by Crippen LogP contribution is 2.44. The SMILES string of the molecule is CCCCCCCC(=O)Oc1c2ccccc2c(OC(=O)CCCCCCC)c2c(F)cccc12. The maximum atomic E-state index is 15.1. The van der Waals surface area contributed by atoms with E-state index in [1.54, 1.807) is 24.3 Å². The zero-order valence-corrected chi connectivity index (χ0v) is 21.0. The second-order valence-corrected chi connectivity index (χ2v) is 9.14. The number of unbranched alkanes of at least 4 members (excludes halogenated alkanes) is 8. The Morgan fingerprint density at radius 2 is 1.11 bits per heavy atom. The summed E-state index contributed by atoms with van der Waals surface area (Å²) in [6.45, 7) is 4.30. The molecular weight excluding hydrogens is 443 g/mol. The lowest BCUT2D eigenvalue weighted by Crippen LogP contribution is -2.11. The van der Waals surface area contributed by atoms with Crippen LogP contribution in [0.2, 0.25) is 0 Å². The molecule has 4 nitrogen and oxygen atoms in total.